The molecule has 0 radical (unpaired) electrons. The maximum Gasteiger partial charge on any atom is 0.226 e. The van der Waals surface area contributed by atoms with Crippen LogP contribution in [0.25, 0.3) is 0 Å². The van der Waals surface area contributed by atoms with Gasteiger partial charge in [0.15, 0.2) is 0 Å². The van der Waals surface area contributed by atoms with Crippen LogP contribution in [0, 0.1) is 23.2 Å². The van der Waals surface area contributed by atoms with Gasteiger partial charge in [0.25, 0.3) is 0 Å². The molecule has 1 aromatic carbocycles. The highest BCUT2D eigenvalue weighted by Gasteiger charge is 2.54. The second-order valence-corrected chi connectivity index (χ2v) is 9.50. The molecule has 4 saturated carbocycles. The minimum absolute atomic E-state index is 0.120. The van der Waals surface area contributed by atoms with Crippen LogP contribution < -0.4 is 5.32 Å². The maximum absolute atomic E-state index is 13.0. The van der Waals surface area contributed by atoms with Crippen molar-refractivity contribution >= 4 is 11.8 Å². The Morgan fingerprint density at radius 1 is 1.04 bits per heavy atom. The van der Waals surface area contributed by atoms with E-state index in [0.29, 0.717) is 19.5 Å². The van der Waals surface area contributed by atoms with Gasteiger partial charge in [-0.05, 0) is 68.3 Å². The Hall–Kier alpha value is -1.84. The fourth-order valence-electron chi connectivity index (χ4n) is 6.38. The average Bonchev–Trinajstić information content (AvgIpc) is 2.67. The van der Waals surface area contributed by atoms with Crippen molar-refractivity contribution in [3.8, 4) is 0 Å². The van der Waals surface area contributed by atoms with E-state index in [1.807, 2.05) is 23.1 Å². The third-order valence-electron chi connectivity index (χ3n) is 7.21. The second kappa shape index (κ2) is 8.26. The zero-order valence-electron chi connectivity index (χ0n) is 17.2. The molecule has 152 valence electrons. The number of rotatable bonds is 8. The first kappa shape index (κ1) is 19.5. The summed E-state index contributed by atoms with van der Waals surface area (Å²) in [6.07, 6.45) is 8.60. The second-order valence-electron chi connectivity index (χ2n) is 9.50. The van der Waals surface area contributed by atoms with Gasteiger partial charge in [-0.2, -0.15) is 0 Å². The van der Waals surface area contributed by atoms with Gasteiger partial charge in [0.2, 0.25) is 11.8 Å². The first-order valence-corrected chi connectivity index (χ1v) is 11.2. The van der Waals surface area contributed by atoms with Crippen LogP contribution in [0.5, 0.6) is 0 Å². The largest absolute Gasteiger partial charge is 0.355 e. The minimum Gasteiger partial charge on any atom is -0.355 e. The van der Waals surface area contributed by atoms with Crippen molar-refractivity contribution in [2.24, 2.45) is 23.2 Å². The summed E-state index contributed by atoms with van der Waals surface area (Å²) in [5.74, 6) is 2.67. The van der Waals surface area contributed by atoms with Crippen LogP contribution in [0.15, 0.2) is 30.3 Å². The molecule has 0 aromatic heterocycles. The van der Waals surface area contributed by atoms with Crippen LogP contribution in [-0.4, -0.2) is 29.8 Å². The topological polar surface area (TPSA) is 49.4 Å². The number of carbonyl (C=O) groups excluding carboxylic acids is 2. The Bertz CT molecular complexity index is 665. The molecular weight excluding hydrogens is 348 g/mol. The van der Waals surface area contributed by atoms with Crippen molar-refractivity contribution < 1.29 is 9.59 Å². The molecule has 5 rings (SSSR count). The lowest BCUT2D eigenvalue weighted by Crippen LogP contribution is -2.53. The Labute approximate surface area is 169 Å². The molecule has 0 heterocycles. The van der Waals surface area contributed by atoms with Crippen molar-refractivity contribution in [1.29, 1.82) is 0 Å². The lowest BCUT2D eigenvalue weighted by molar-refractivity contribution is -0.146. The van der Waals surface area contributed by atoms with Crippen LogP contribution in [-0.2, 0) is 16.1 Å². The van der Waals surface area contributed by atoms with E-state index >= 15 is 0 Å². The van der Waals surface area contributed by atoms with Crippen molar-refractivity contribution in [2.45, 2.75) is 64.8 Å². The highest BCUT2D eigenvalue weighted by molar-refractivity contribution is 5.84. The fraction of sp³-hybridized carbons (Fsp3) is 0.667. The predicted octanol–water partition coefficient (Wildman–Crippen LogP) is 4.15. The number of amides is 2. The van der Waals surface area contributed by atoms with E-state index in [-0.39, 0.29) is 17.2 Å². The predicted molar refractivity (Wildman–Crippen MR) is 110 cm³/mol. The summed E-state index contributed by atoms with van der Waals surface area (Å²) < 4.78 is 0. The van der Waals surface area contributed by atoms with E-state index in [1.165, 1.54) is 19.3 Å². The first-order valence-electron chi connectivity index (χ1n) is 11.2. The van der Waals surface area contributed by atoms with Crippen molar-refractivity contribution in [1.82, 2.24) is 10.2 Å². The third kappa shape index (κ3) is 4.11. The number of hydrogen-bond donors (Lipinski definition) is 1. The molecule has 0 atom stereocenters. The van der Waals surface area contributed by atoms with E-state index in [1.54, 1.807) is 0 Å². The smallest absolute Gasteiger partial charge is 0.226 e. The molecule has 2 amide bonds. The lowest BCUT2D eigenvalue weighted by atomic mass is 9.49. The summed E-state index contributed by atoms with van der Waals surface area (Å²) >= 11 is 0. The molecule has 1 aromatic rings. The van der Waals surface area contributed by atoms with Crippen LogP contribution in [0.3, 0.4) is 0 Å². The van der Waals surface area contributed by atoms with Crippen molar-refractivity contribution in [2.75, 3.05) is 13.1 Å². The van der Waals surface area contributed by atoms with Crippen molar-refractivity contribution in [3.05, 3.63) is 35.9 Å². The van der Waals surface area contributed by atoms with Gasteiger partial charge >= 0.3 is 0 Å². The van der Waals surface area contributed by atoms with Gasteiger partial charge < -0.3 is 10.2 Å². The fourth-order valence-corrected chi connectivity index (χ4v) is 6.38. The Kier molecular flexibility index (Phi) is 5.75. The van der Waals surface area contributed by atoms with Gasteiger partial charge in [-0.25, -0.2) is 0 Å². The first-order chi connectivity index (χ1) is 13.6. The minimum atomic E-state index is -0.120. The summed E-state index contributed by atoms with van der Waals surface area (Å²) in [5, 5.41) is 3.15. The molecule has 4 nitrogen and oxygen atoms in total. The highest BCUT2D eigenvalue weighted by Crippen LogP contribution is 2.60. The van der Waals surface area contributed by atoms with E-state index in [2.05, 4.69) is 24.4 Å². The van der Waals surface area contributed by atoms with Crippen LogP contribution in [0.1, 0.15) is 63.9 Å². The Balaban J connectivity index is 1.29. The number of benzene rings is 1. The van der Waals surface area contributed by atoms with Crippen molar-refractivity contribution in [3.63, 3.8) is 0 Å². The molecule has 1 N–H and O–H groups in total. The summed E-state index contributed by atoms with van der Waals surface area (Å²) in [6, 6.07) is 10.1. The standard InChI is InChI=1S/C24H34N2O2/c1-2-10-26(17-18-6-4-3-5-7-18)22(27)8-9-25-23(28)24-14-19-11-20(15-24)13-21(12-19)16-24/h3-7,19-21H,2,8-17H2,1H3,(H,25,28). The SMILES string of the molecule is CCCN(Cc1ccccc1)C(=O)CCNC(=O)C12CC3CC(CC(C3)C1)C2. The quantitative estimate of drug-likeness (QED) is 0.734. The number of carbonyl (C=O) groups is 2. The summed E-state index contributed by atoms with van der Waals surface area (Å²) in [5.41, 5.74) is 1.03. The monoisotopic (exact) mass is 382 g/mol. The maximum atomic E-state index is 13.0. The molecule has 28 heavy (non-hydrogen) atoms. The summed E-state index contributed by atoms with van der Waals surface area (Å²) in [6.45, 7) is 3.97. The number of nitrogens with zero attached hydrogens (tertiary/aromatic N) is 1. The molecule has 4 bridgehead atoms. The van der Waals surface area contributed by atoms with E-state index in [9.17, 15) is 9.59 Å². The van der Waals surface area contributed by atoms with Crippen LogP contribution >= 0.6 is 0 Å². The number of hydrogen-bond acceptors (Lipinski definition) is 2. The van der Waals surface area contributed by atoms with Gasteiger partial charge in [-0.1, -0.05) is 37.3 Å². The molecule has 0 spiro atoms. The van der Waals surface area contributed by atoms with Gasteiger partial charge in [-0.3, -0.25) is 9.59 Å². The van der Waals surface area contributed by atoms with Gasteiger partial charge in [0.05, 0.1) is 0 Å². The lowest BCUT2D eigenvalue weighted by Gasteiger charge is -2.55. The Morgan fingerprint density at radius 3 is 2.21 bits per heavy atom. The molecule has 4 heteroatoms. The van der Waals surface area contributed by atoms with Crippen LogP contribution in [0.2, 0.25) is 0 Å². The van der Waals surface area contributed by atoms with Crippen LogP contribution in [0.4, 0.5) is 0 Å². The molecule has 0 saturated heterocycles. The van der Waals surface area contributed by atoms with E-state index in [0.717, 1.165) is 55.5 Å². The molecule has 4 fully saturated rings. The zero-order valence-corrected chi connectivity index (χ0v) is 17.2. The number of nitrogens with one attached hydrogen (secondary N) is 1. The van der Waals surface area contributed by atoms with E-state index < -0.39 is 0 Å². The molecule has 4 aliphatic rings. The zero-order chi connectivity index (χ0) is 19.6. The normalized spacial score (nSPS) is 30.2. The average molecular weight is 383 g/mol. The summed E-state index contributed by atoms with van der Waals surface area (Å²) in [7, 11) is 0. The van der Waals surface area contributed by atoms with E-state index in [4.69, 9.17) is 0 Å². The molecule has 0 unspecified atom stereocenters. The third-order valence-corrected chi connectivity index (χ3v) is 7.21. The summed E-state index contributed by atoms with van der Waals surface area (Å²) in [4.78, 5) is 27.7. The molecular formula is C24H34N2O2. The highest BCUT2D eigenvalue weighted by atomic mass is 16.2. The van der Waals surface area contributed by atoms with Gasteiger partial charge in [-0.15, -0.1) is 0 Å². The van der Waals surface area contributed by atoms with Gasteiger partial charge in [0.1, 0.15) is 0 Å². The molecule has 0 aliphatic heterocycles. The Morgan fingerprint density at radius 2 is 1.64 bits per heavy atom. The molecule has 4 aliphatic carbocycles. The van der Waals surface area contributed by atoms with Gasteiger partial charge in [0, 0.05) is 31.5 Å².